The molecule has 0 fully saturated rings. The van der Waals surface area contributed by atoms with Gasteiger partial charge in [0.05, 0.1) is 24.8 Å². The molecule has 0 radical (unpaired) electrons. The quantitative estimate of drug-likeness (QED) is 0.847. The van der Waals surface area contributed by atoms with Gasteiger partial charge in [0.25, 0.3) is 0 Å². The maximum atomic E-state index is 12.4. The number of Topliss-reactive ketones (excluding diaryl/α,β-unsaturated/α-hetero) is 1. The van der Waals surface area contributed by atoms with E-state index in [9.17, 15) is 4.79 Å². The minimum atomic E-state index is 0.0721. The maximum Gasteiger partial charge on any atom is 0.172 e. The number of ether oxygens (including phenoxy) is 1. The highest BCUT2D eigenvalue weighted by atomic mass is 16.5. The summed E-state index contributed by atoms with van der Waals surface area (Å²) < 4.78 is 5.22. The summed E-state index contributed by atoms with van der Waals surface area (Å²) in [5.41, 5.74) is 4.09. The molecule has 0 spiro atoms. The summed E-state index contributed by atoms with van der Waals surface area (Å²) in [6, 6.07) is 9.51. The van der Waals surface area contributed by atoms with Crippen LogP contribution in [0.15, 0.2) is 35.3 Å². The van der Waals surface area contributed by atoms with Crippen LogP contribution in [0.4, 0.5) is 5.82 Å². The lowest BCUT2D eigenvalue weighted by molar-refractivity contribution is 0.0999. The van der Waals surface area contributed by atoms with Crippen molar-refractivity contribution >= 4 is 17.3 Å². The Balaban J connectivity index is 2.13. The van der Waals surface area contributed by atoms with Crippen LogP contribution in [0.3, 0.4) is 0 Å². The Bertz CT molecular complexity index is 763. The molecule has 0 unspecified atom stereocenters. The first-order valence-electron chi connectivity index (χ1n) is 6.82. The molecule has 1 aromatic heterocycles. The summed E-state index contributed by atoms with van der Waals surface area (Å²) in [5, 5.41) is 0. The average Bonchev–Trinajstić information content (AvgIpc) is 2.46. The number of methoxy groups -OCH3 is 1. The van der Waals surface area contributed by atoms with Gasteiger partial charge in [0.2, 0.25) is 0 Å². The Labute approximate surface area is 123 Å². The van der Waals surface area contributed by atoms with Crippen molar-refractivity contribution in [3.05, 3.63) is 52.7 Å². The summed E-state index contributed by atoms with van der Waals surface area (Å²) >= 11 is 0. The van der Waals surface area contributed by atoms with Gasteiger partial charge < -0.3 is 4.74 Å². The minimum Gasteiger partial charge on any atom is -0.497 e. The summed E-state index contributed by atoms with van der Waals surface area (Å²) in [6.07, 6.45) is 0.297. The van der Waals surface area contributed by atoms with Crippen LogP contribution in [0.2, 0.25) is 0 Å². The fourth-order valence-corrected chi connectivity index (χ4v) is 2.62. The topological polar surface area (TPSA) is 51.6 Å². The van der Waals surface area contributed by atoms with Crippen LogP contribution in [-0.4, -0.2) is 23.6 Å². The van der Waals surface area contributed by atoms with E-state index in [0.717, 1.165) is 28.3 Å². The summed E-state index contributed by atoms with van der Waals surface area (Å²) in [4.78, 5) is 21.4. The molecule has 106 valence electrons. The second-order valence-electron chi connectivity index (χ2n) is 5.17. The van der Waals surface area contributed by atoms with Gasteiger partial charge in [0.15, 0.2) is 11.6 Å². The molecule has 2 aromatic rings. The largest absolute Gasteiger partial charge is 0.497 e. The summed E-state index contributed by atoms with van der Waals surface area (Å²) in [6.45, 7) is 3.84. The van der Waals surface area contributed by atoms with Crippen molar-refractivity contribution < 1.29 is 9.53 Å². The molecule has 4 nitrogen and oxygen atoms in total. The van der Waals surface area contributed by atoms with Crippen LogP contribution in [-0.2, 0) is 0 Å². The Morgan fingerprint density at radius 1 is 1.19 bits per heavy atom. The molecule has 0 saturated heterocycles. The second-order valence-corrected chi connectivity index (χ2v) is 5.17. The van der Waals surface area contributed by atoms with Crippen LogP contribution in [0.5, 0.6) is 5.75 Å². The number of aryl methyl sites for hydroxylation is 2. The third kappa shape index (κ3) is 2.44. The van der Waals surface area contributed by atoms with Crippen molar-refractivity contribution in [1.82, 2.24) is 4.98 Å². The number of aliphatic imine (C=N–C) groups is 1. The number of hydrogen-bond donors (Lipinski definition) is 0. The van der Waals surface area contributed by atoms with Crippen LogP contribution in [0.1, 0.15) is 33.6 Å². The number of fused-ring (bicyclic) bond motifs is 1. The standard InChI is InChI=1S/C17H16N2O2/c1-10-7-11(2)18-17-16(10)15(20)9-14(19-17)12-5-4-6-13(8-12)21-3/h4-8H,9H2,1-3H3. The first-order chi connectivity index (χ1) is 10.1. The van der Waals surface area contributed by atoms with Gasteiger partial charge in [-0.05, 0) is 37.6 Å². The molecule has 0 bridgehead atoms. The Hall–Kier alpha value is -2.49. The van der Waals surface area contributed by atoms with Crippen LogP contribution in [0.25, 0.3) is 0 Å². The van der Waals surface area contributed by atoms with Gasteiger partial charge in [-0.25, -0.2) is 9.98 Å². The lowest BCUT2D eigenvalue weighted by atomic mass is 9.95. The monoisotopic (exact) mass is 280 g/mol. The Morgan fingerprint density at radius 2 is 2.00 bits per heavy atom. The molecule has 2 heterocycles. The summed E-state index contributed by atoms with van der Waals surface area (Å²) in [5.74, 6) is 1.35. The Morgan fingerprint density at radius 3 is 2.76 bits per heavy atom. The first kappa shape index (κ1) is 13.5. The average molecular weight is 280 g/mol. The highest BCUT2D eigenvalue weighted by Gasteiger charge is 2.24. The molecule has 21 heavy (non-hydrogen) atoms. The molecule has 3 rings (SSSR count). The zero-order chi connectivity index (χ0) is 15.0. The Kier molecular flexibility index (Phi) is 3.29. The van der Waals surface area contributed by atoms with E-state index in [1.54, 1.807) is 7.11 Å². The third-order valence-electron chi connectivity index (χ3n) is 3.58. The lowest BCUT2D eigenvalue weighted by Gasteiger charge is -2.17. The van der Waals surface area contributed by atoms with E-state index in [-0.39, 0.29) is 5.78 Å². The third-order valence-corrected chi connectivity index (χ3v) is 3.58. The summed E-state index contributed by atoms with van der Waals surface area (Å²) in [7, 11) is 1.62. The van der Waals surface area contributed by atoms with E-state index in [1.807, 2.05) is 44.2 Å². The van der Waals surface area contributed by atoms with Crippen molar-refractivity contribution in [2.24, 2.45) is 4.99 Å². The molecule has 0 amide bonds. The number of hydrogen-bond acceptors (Lipinski definition) is 4. The predicted molar refractivity (Wildman–Crippen MR) is 81.8 cm³/mol. The molecule has 0 atom stereocenters. The molecule has 1 aliphatic rings. The second kappa shape index (κ2) is 5.13. The zero-order valence-corrected chi connectivity index (χ0v) is 12.3. The van der Waals surface area contributed by atoms with Gasteiger partial charge in [0.1, 0.15) is 5.75 Å². The SMILES string of the molecule is COc1cccc(C2=Nc3nc(C)cc(C)c3C(=O)C2)c1. The van der Waals surface area contributed by atoms with Crippen molar-refractivity contribution in [3.8, 4) is 5.75 Å². The van der Waals surface area contributed by atoms with Crippen molar-refractivity contribution in [2.45, 2.75) is 20.3 Å². The smallest absolute Gasteiger partial charge is 0.172 e. The fraction of sp³-hybridized carbons (Fsp3) is 0.235. The van der Waals surface area contributed by atoms with Gasteiger partial charge in [0, 0.05) is 11.3 Å². The number of nitrogens with zero attached hydrogens (tertiary/aromatic N) is 2. The highest BCUT2D eigenvalue weighted by molar-refractivity contribution is 6.21. The molecule has 0 N–H and O–H groups in total. The lowest BCUT2D eigenvalue weighted by Crippen LogP contribution is -2.16. The van der Waals surface area contributed by atoms with Gasteiger partial charge in [-0.3, -0.25) is 4.79 Å². The molecule has 1 aromatic carbocycles. The number of carbonyl (C=O) groups excluding carboxylic acids is 1. The van der Waals surface area contributed by atoms with E-state index in [4.69, 9.17) is 4.74 Å². The number of ketones is 1. The first-order valence-corrected chi connectivity index (χ1v) is 6.82. The van der Waals surface area contributed by atoms with E-state index >= 15 is 0 Å². The van der Waals surface area contributed by atoms with Gasteiger partial charge in [-0.15, -0.1) is 0 Å². The normalized spacial score (nSPS) is 13.7. The highest BCUT2D eigenvalue weighted by Crippen LogP contribution is 2.29. The van der Waals surface area contributed by atoms with Crippen LogP contribution < -0.4 is 4.74 Å². The van der Waals surface area contributed by atoms with Crippen molar-refractivity contribution in [2.75, 3.05) is 7.11 Å². The van der Waals surface area contributed by atoms with Gasteiger partial charge >= 0.3 is 0 Å². The van der Waals surface area contributed by atoms with Crippen molar-refractivity contribution in [3.63, 3.8) is 0 Å². The fourth-order valence-electron chi connectivity index (χ4n) is 2.62. The minimum absolute atomic E-state index is 0.0721. The van der Waals surface area contributed by atoms with Crippen LogP contribution >= 0.6 is 0 Å². The van der Waals surface area contributed by atoms with E-state index in [0.29, 0.717) is 17.8 Å². The van der Waals surface area contributed by atoms with E-state index < -0.39 is 0 Å². The molecule has 0 saturated carbocycles. The number of benzene rings is 1. The van der Waals surface area contributed by atoms with E-state index in [1.165, 1.54) is 0 Å². The van der Waals surface area contributed by atoms with E-state index in [2.05, 4.69) is 9.98 Å². The molecule has 4 heteroatoms. The van der Waals surface area contributed by atoms with Gasteiger partial charge in [-0.1, -0.05) is 12.1 Å². The number of aromatic nitrogens is 1. The van der Waals surface area contributed by atoms with Gasteiger partial charge in [-0.2, -0.15) is 0 Å². The zero-order valence-electron chi connectivity index (χ0n) is 12.3. The maximum absolute atomic E-state index is 12.4. The molecule has 0 aliphatic carbocycles. The molecular weight excluding hydrogens is 264 g/mol. The number of carbonyl (C=O) groups is 1. The molecular formula is C17H16N2O2. The van der Waals surface area contributed by atoms with Crippen molar-refractivity contribution in [1.29, 1.82) is 0 Å². The number of rotatable bonds is 2. The predicted octanol–water partition coefficient (Wildman–Crippen LogP) is 3.41. The van der Waals surface area contributed by atoms with Crippen LogP contribution in [0, 0.1) is 13.8 Å². The molecule has 1 aliphatic heterocycles. The number of pyridine rings is 1.